The van der Waals surface area contributed by atoms with Crippen molar-refractivity contribution in [2.75, 3.05) is 19.6 Å². The average Bonchev–Trinajstić information content (AvgIpc) is 2.29. The van der Waals surface area contributed by atoms with E-state index in [0.717, 1.165) is 24.8 Å². The minimum Gasteiger partial charge on any atom is -0.303 e. The van der Waals surface area contributed by atoms with E-state index < -0.39 is 0 Å². The van der Waals surface area contributed by atoms with Crippen molar-refractivity contribution in [1.29, 1.82) is 0 Å². The Kier molecular flexibility index (Phi) is 5.77. The van der Waals surface area contributed by atoms with Gasteiger partial charge in [-0.05, 0) is 50.7 Å². The number of amides is 1. The van der Waals surface area contributed by atoms with Gasteiger partial charge in [-0.15, -0.1) is 0 Å². The predicted molar refractivity (Wildman–Crippen MR) is 65.6 cm³/mol. The summed E-state index contributed by atoms with van der Waals surface area (Å²) < 4.78 is 0. The lowest BCUT2D eigenvalue weighted by molar-refractivity contribution is -0.121. The molecule has 0 radical (unpaired) electrons. The molecule has 1 rings (SSSR count). The van der Waals surface area contributed by atoms with Gasteiger partial charge in [-0.1, -0.05) is 13.8 Å². The molecule has 4 heteroatoms. The molecule has 0 bridgehead atoms. The van der Waals surface area contributed by atoms with Crippen LogP contribution in [0.2, 0.25) is 0 Å². The van der Waals surface area contributed by atoms with Crippen LogP contribution in [0.15, 0.2) is 0 Å². The minimum absolute atomic E-state index is 0.0583. The third-order valence-electron chi connectivity index (χ3n) is 3.61. The van der Waals surface area contributed by atoms with Gasteiger partial charge < -0.3 is 4.90 Å². The van der Waals surface area contributed by atoms with Crippen molar-refractivity contribution in [1.82, 2.24) is 10.3 Å². The average molecular weight is 227 g/mol. The molecule has 4 nitrogen and oxygen atoms in total. The van der Waals surface area contributed by atoms with Gasteiger partial charge in [-0.3, -0.25) is 10.2 Å². The van der Waals surface area contributed by atoms with Gasteiger partial charge in [0.05, 0.1) is 0 Å². The minimum atomic E-state index is -0.0583. The van der Waals surface area contributed by atoms with Crippen LogP contribution in [-0.2, 0) is 4.79 Å². The van der Waals surface area contributed by atoms with Crippen molar-refractivity contribution >= 4 is 5.91 Å². The molecule has 1 aliphatic rings. The van der Waals surface area contributed by atoms with E-state index in [2.05, 4.69) is 24.2 Å². The van der Waals surface area contributed by atoms with E-state index in [-0.39, 0.29) is 5.91 Å². The van der Waals surface area contributed by atoms with Crippen LogP contribution in [0, 0.1) is 11.8 Å². The van der Waals surface area contributed by atoms with E-state index in [4.69, 9.17) is 5.84 Å². The van der Waals surface area contributed by atoms with Gasteiger partial charge in [0.25, 0.3) is 0 Å². The number of hydrogen-bond donors (Lipinski definition) is 2. The summed E-state index contributed by atoms with van der Waals surface area (Å²) in [6.45, 7) is 8.02. The maximum atomic E-state index is 10.9. The summed E-state index contributed by atoms with van der Waals surface area (Å²) in [6, 6.07) is 0. The molecule has 0 aliphatic carbocycles. The first-order chi connectivity index (χ1) is 7.63. The van der Waals surface area contributed by atoms with Crippen molar-refractivity contribution in [2.45, 2.75) is 39.5 Å². The number of hydrazine groups is 1. The SMILES string of the molecule is CC(C)C1CCN(CCCC(=O)NN)CC1. The van der Waals surface area contributed by atoms with Crippen LogP contribution in [0.25, 0.3) is 0 Å². The highest BCUT2D eigenvalue weighted by Crippen LogP contribution is 2.24. The van der Waals surface area contributed by atoms with E-state index >= 15 is 0 Å². The zero-order valence-corrected chi connectivity index (χ0v) is 10.5. The Morgan fingerprint density at radius 3 is 2.56 bits per heavy atom. The summed E-state index contributed by atoms with van der Waals surface area (Å²) in [7, 11) is 0. The molecule has 16 heavy (non-hydrogen) atoms. The van der Waals surface area contributed by atoms with Crippen molar-refractivity contribution in [3.8, 4) is 0 Å². The van der Waals surface area contributed by atoms with Crippen LogP contribution in [-0.4, -0.2) is 30.4 Å². The molecule has 1 amide bonds. The Bertz CT molecular complexity index is 210. The monoisotopic (exact) mass is 227 g/mol. The van der Waals surface area contributed by atoms with Crippen LogP contribution in [0.4, 0.5) is 0 Å². The number of likely N-dealkylation sites (tertiary alicyclic amines) is 1. The number of hydrogen-bond acceptors (Lipinski definition) is 3. The second-order valence-corrected chi connectivity index (χ2v) is 5.09. The zero-order valence-electron chi connectivity index (χ0n) is 10.5. The molecule has 0 atom stereocenters. The quantitative estimate of drug-likeness (QED) is 0.420. The second-order valence-electron chi connectivity index (χ2n) is 5.09. The van der Waals surface area contributed by atoms with Gasteiger partial charge in [-0.2, -0.15) is 0 Å². The lowest BCUT2D eigenvalue weighted by Gasteiger charge is -2.33. The number of nitrogens with one attached hydrogen (secondary N) is 1. The smallest absolute Gasteiger partial charge is 0.233 e. The fourth-order valence-electron chi connectivity index (χ4n) is 2.38. The topological polar surface area (TPSA) is 58.4 Å². The molecule has 3 N–H and O–H groups in total. The molecule has 0 aromatic heterocycles. The molecule has 94 valence electrons. The van der Waals surface area contributed by atoms with Crippen molar-refractivity contribution < 1.29 is 4.79 Å². The molecule has 0 spiro atoms. The van der Waals surface area contributed by atoms with Crippen LogP contribution >= 0.6 is 0 Å². The number of rotatable bonds is 5. The van der Waals surface area contributed by atoms with Crippen molar-refractivity contribution in [3.05, 3.63) is 0 Å². The van der Waals surface area contributed by atoms with Crippen LogP contribution in [0.1, 0.15) is 39.5 Å². The third-order valence-corrected chi connectivity index (χ3v) is 3.61. The number of carbonyl (C=O) groups is 1. The first-order valence-electron chi connectivity index (χ1n) is 6.35. The molecule has 1 saturated heterocycles. The molecule has 0 aromatic rings. The molecule has 1 heterocycles. The third kappa shape index (κ3) is 4.49. The van der Waals surface area contributed by atoms with Gasteiger partial charge in [0.1, 0.15) is 0 Å². The number of nitrogens with zero attached hydrogens (tertiary/aromatic N) is 1. The first-order valence-corrected chi connectivity index (χ1v) is 6.35. The highest BCUT2D eigenvalue weighted by Gasteiger charge is 2.20. The normalized spacial score (nSPS) is 19.0. The Balaban J connectivity index is 2.10. The molecule has 0 unspecified atom stereocenters. The standard InChI is InChI=1S/C12H25N3O/c1-10(2)11-5-8-15(9-6-11)7-3-4-12(16)14-13/h10-11H,3-9,13H2,1-2H3,(H,14,16). The summed E-state index contributed by atoms with van der Waals surface area (Å²) in [6.07, 6.45) is 4.07. The molecular formula is C12H25N3O. The number of piperidine rings is 1. The molecule has 1 aliphatic heterocycles. The summed E-state index contributed by atoms with van der Waals surface area (Å²) in [5, 5.41) is 0. The van der Waals surface area contributed by atoms with Gasteiger partial charge in [0.15, 0.2) is 0 Å². The van der Waals surface area contributed by atoms with Gasteiger partial charge in [0, 0.05) is 6.42 Å². The summed E-state index contributed by atoms with van der Waals surface area (Å²) in [4.78, 5) is 13.4. The first kappa shape index (κ1) is 13.5. The number of carbonyl (C=O) groups excluding carboxylic acids is 1. The van der Waals surface area contributed by atoms with E-state index in [9.17, 15) is 4.79 Å². The molecule has 0 saturated carbocycles. The van der Waals surface area contributed by atoms with Gasteiger partial charge in [0.2, 0.25) is 5.91 Å². The maximum absolute atomic E-state index is 10.9. The highest BCUT2D eigenvalue weighted by molar-refractivity contribution is 5.75. The fraction of sp³-hybridized carbons (Fsp3) is 0.917. The molecule has 0 aromatic carbocycles. The summed E-state index contributed by atoms with van der Waals surface area (Å²) in [5.41, 5.74) is 2.17. The Morgan fingerprint density at radius 2 is 2.06 bits per heavy atom. The second kappa shape index (κ2) is 6.86. The Labute approximate surface area is 98.5 Å². The zero-order chi connectivity index (χ0) is 12.0. The van der Waals surface area contributed by atoms with E-state index in [1.165, 1.54) is 25.9 Å². The summed E-state index contributed by atoms with van der Waals surface area (Å²) >= 11 is 0. The highest BCUT2D eigenvalue weighted by atomic mass is 16.2. The van der Waals surface area contributed by atoms with Crippen LogP contribution in [0.5, 0.6) is 0 Å². The van der Waals surface area contributed by atoms with E-state index in [1.807, 2.05) is 0 Å². The predicted octanol–water partition coefficient (Wildman–Crippen LogP) is 1.12. The Hall–Kier alpha value is -0.610. The van der Waals surface area contributed by atoms with Crippen LogP contribution in [0.3, 0.4) is 0 Å². The number of nitrogens with two attached hydrogens (primary N) is 1. The largest absolute Gasteiger partial charge is 0.303 e. The molecular weight excluding hydrogens is 202 g/mol. The lowest BCUT2D eigenvalue weighted by atomic mass is 9.87. The Morgan fingerprint density at radius 1 is 1.44 bits per heavy atom. The van der Waals surface area contributed by atoms with E-state index in [0.29, 0.717) is 6.42 Å². The van der Waals surface area contributed by atoms with Crippen molar-refractivity contribution in [3.63, 3.8) is 0 Å². The molecule has 1 fully saturated rings. The fourth-order valence-corrected chi connectivity index (χ4v) is 2.38. The van der Waals surface area contributed by atoms with E-state index in [1.54, 1.807) is 0 Å². The van der Waals surface area contributed by atoms with Gasteiger partial charge >= 0.3 is 0 Å². The summed E-state index contributed by atoms with van der Waals surface area (Å²) in [5.74, 6) is 6.67. The van der Waals surface area contributed by atoms with Gasteiger partial charge in [-0.25, -0.2) is 5.84 Å². The lowest BCUT2D eigenvalue weighted by Crippen LogP contribution is -2.36. The maximum Gasteiger partial charge on any atom is 0.233 e. The van der Waals surface area contributed by atoms with Crippen molar-refractivity contribution in [2.24, 2.45) is 17.7 Å². The van der Waals surface area contributed by atoms with Crippen LogP contribution < -0.4 is 11.3 Å².